The van der Waals surface area contributed by atoms with Gasteiger partial charge in [0.2, 0.25) is 0 Å². The van der Waals surface area contributed by atoms with Crippen molar-refractivity contribution in [2.24, 2.45) is 5.92 Å². The molecule has 0 heterocycles. The maximum Gasteiger partial charge on any atom is 0.341 e. The Morgan fingerprint density at radius 1 is 0.969 bits per heavy atom. The van der Waals surface area contributed by atoms with Crippen molar-refractivity contribution >= 4 is 11.9 Å². The van der Waals surface area contributed by atoms with Crippen molar-refractivity contribution in [1.29, 1.82) is 0 Å². The minimum Gasteiger partial charge on any atom is -0.423 e. The molecule has 0 amide bonds. The molecule has 176 valence electrons. The van der Waals surface area contributed by atoms with E-state index in [-0.39, 0.29) is 28.6 Å². The molecule has 6 heteroatoms. The first kappa shape index (κ1) is 25.8. The molecular weight excluding hydrogens is 408 g/mol. The van der Waals surface area contributed by atoms with Crippen molar-refractivity contribution in [3.63, 3.8) is 0 Å². The van der Waals surface area contributed by atoms with Crippen LogP contribution in [0.3, 0.4) is 0 Å². The van der Waals surface area contributed by atoms with Crippen LogP contribution in [0, 0.1) is 12.8 Å². The average molecular weight is 445 g/mol. The van der Waals surface area contributed by atoms with E-state index in [1.807, 2.05) is 13.0 Å². The Hall–Kier alpha value is -2.44. The van der Waals surface area contributed by atoms with Gasteiger partial charge in [0.1, 0.15) is 11.5 Å². The summed E-state index contributed by atoms with van der Waals surface area (Å²) in [6, 6.07) is 3.29. The number of carbonyl (C=O) groups is 2. The molecule has 1 aromatic carbocycles. The summed E-state index contributed by atoms with van der Waals surface area (Å²) in [5.41, 5.74) is 1.66. The summed E-state index contributed by atoms with van der Waals surface area (Å²) in [7, 11) is 0. The Bertz CT molecular complexity index is 833. The van der Waals surface area contributed by atoms with Gasteiger partial charge in [0.05, 0.1) is 24.4 Å². The molecule has 0 saturated heterocycles. The van der Waals surface area contributed by atoms with Crippen LogP contribution in [0.15, 0.2) is 36.4 Å². The van der Waals surface area contributed by atoms with E-state index in [0.29, 0.717) is 0 Å². The van der Waals surface area contributed by atoms with Crippen LogP contribution in [0.25, 0.3) is 0 Å². The number of aliphatic hydroxyl groups is 2. The van der Waals surface area contributed by atoms with Gasteiger partial charge in [-0.1, -0.05) is 45.8 Å². The normalized spacial score (nSPS) is 18.1. The van der Waals surface area contributed by atoms with Gasteiger partial charge in [-0.2, -0.15) is 0 Å². The van der Waals surface area contributed by atoms with Gasteiger partial charge in [0.15, 0.2) is 0 Å². The van der Waals surface area contributed by atoms with Gasteiger partial charge in [-0.3, -0.25) is 0 Å². The first-order valence-electron chi connectivity index (χ1n) is 11.5. The Labute approximate surface area is 190 Å². The molecule has 0 unspecified atom stereocenters. The first-order valence-corrected chi connectivity index (χ1v) is 11.5. The molecular formula is C26H36O6. The third-order valence-electron chi connectivity index (χ3n) is 6.25. The van der Waals surface area contributed by atoms with Crippen LogP contribution in [0.2, 0.25) is 0 Å². The second-order valence-corrected chi connectivity index (χ2v) is 8.65. The summed E-state index contributed by atoms with van der Waals surface area (Å²) in [6.45, 7) is 10.1. The molecule has 2 rings (SSSR count). The lowest BCUT2D eigenvalue weighted by Gasteiger charge is -2.30. The number of hydrogen-bond donors (Lipinski definition) is 2. The van der Waals surface area contributed by atoms with Crippen molar-refractivity contribution < 1.29 is 29.3 Å². The fraction of sp³-hybridized carbons (Fsp3) is 0.538. The highest BCUT2D eigenvalue weighted by atomic mass is 16.5. The molecule has 1 aliphatic carbocycles. The van der Waals surface area contributed by atoms with E-state index in [2.05, 4.69) is 20.1 Å². The van der Waals surface area contributed by atoms with Crippen molar-refractivity contribution in [2.45, 2.75) is 71.1 Å². The predicted molar refractivity (Wildman–Crippen MR) is 124 cm³/mol. The van der Waals surface area contributed by atoms with Gasteiger partial charge in [-0.15, -0.1) is 0 Å². The van der Waals surface area contributed by atoms with Gasteiger partial charge in [-0.05, 0) is 61.6 Å². The second kappa shape index (κ2) is 12.6. The van der Waals surface area contributed by atoms with Gasteiger partial charge < -0.3 is 19.7 Å². The van der Waals surface area contributed by atoms with Crippen LogP contribution < -0.4 is 9.47 Å². The zero-order chi connectivity index (χ0) is 23.7. The number of unbranched alkanes of at least 4 members (excludes halogenated alkanes) is 2. The molecule has 0 bridgehead atoms. The van der Waals surface area contributed by atoms with E-state index in [1.54, 1.807) is 0 Å². The van der Waals surface area contributed by atoms with Crippen molar-refractivity contribution in [1.82, 2.24) is 0 Å². The van der Waals surface area contributed by atoms with Crippen LogP contribution in [-0.2, 0) is 9.59 Å². The maximum absolute atomic E-state index is 12.2. The number of benzene rings is 1. The largest absolute Gasteiger partial charge is 0.423 e. The number of carbonyl (C=O) groups excluding carboxylic acids is 2. The van der Waals surface area contributed by atoms with Crippen LogP contribution in [0.4, 0.5) is 0 Å². The first-order chi connectivity index (χ1) is 15.3. The molecule has 0 radical (unpaired) electrons. The van der Waals surface area contributed by atoms with Crippen LogP contribution in [0.5, 0.6) is 11.5 Å². The van der Waals surface area contributed by atoms with E-state index in [1.165, 1.54) is 31.7 Å². The topological polar surface area (TPSA) is 93.1 Å². The molecule has 1 aliphatic rings. The van der Waals surface area contributed by atoms with Crippen LogP contribution in [0.1, 0.15) is 75.3 Å². The van der Waals surface area contributed by atoms with E-state index in [9.17, 15) is 14.7 Å². The lowest BCUT2D eigenvalue weighted by molar-refractivity contribution is -0.131. The minimum atomic E-state index is -0.737. The SMILES string of the molecule is C=C(CO)C(=O)Oc1cc(OC(=O)C(=C)CO)c(C)c(C2CCC(CCCCC)CC2)c1. The van der Waals surface area contributed by atoms with Gasteiger partial charge in [0, 0.05) is 6.07 Å². The standard InChI is InChI=1S/C26H36O6/c1-5-6-7-8-20-9-11-21(12-10-20)23-13-22(31-25(29)17(2)15-27)14-24(19(23)4)32-26(30)18(3)16-28/h13-14,20-21,27-28H,2-3,5-12,15-16H2,1,4H3. The van der Waals surface area contributed by atoms with Gasteiger partial charge in [-0.25, -0.2) is 9.59 Å². The highest BCUT2D eigenvalue weighted by Gasteiger charge is 2.26. The molecule has 0 aliphatic heterocycles. The Balaban J connectivity index is 2.26. The quantitative estimate of drug-likeness (QED) is 0.221. The monoisotopic (exact) mass is 444 g/mol. The molecule has 0 aromatic heterocycles. The van der Waals surface area contributed by atoms with E-state index >= 15 is 0 Å². The predicted octanol–water partition coefficient (Wildman–Crippen LogP) is 4.76. The molecule has 1 aromatic rings. The van der Waals surface area contributed by atoms with Gasteiger partial charge in [0.25, 0.3) is 0 Å². The summed E-state index contributed by atoms with van der Waals surface area (Å²) in [5.74, 6) is 0.0495. The van der Waals surface area contributed by atoms with Crippen LogP contribution >= 0.6 is 0 Å². The lowest BCUT2D eigenvalue weighted by atomic mass is 9.76. The van der Waals surface area contributed by atoms with Crippen molar-refractivity contribution in [2.75, 3.05) is 13.2 Å². The fourth-order valence-electron chi connectivity index (χ4n) is 4.20. The molecule has 0 atom stereocenters. The second-order valence-electron chi connectivity index (χ2n) is 8.65. The van der Waals surface area contributed by atoms with Crippen molar-refractivity contribution in [3.05, 3.63) is 47.6 Å². The smallest absolute Gasteiger partial charge is 0.341 e. The summed E-state index contributed by atoms with van der Waals surface area (Å²) in [6.07, 6.45) is 9.40. The number of hydrogen-bond acceptors (Lipinski definition) is 6. The average Bonchev–Trinajstić information content (AvgIpc) is 2.80. The number of esters is 2. The molecule has 6 nitrogen and oxygen atoms in total. The van der Waals surface area contributed by atoms with Gasteiger partial charge >= 0.3 is 11.9 Å². The maximum atomic E-state index is 12.2. The molecule has 2 N–H and O–H groups in total. The molecule has 1 saturated carbocycles. The lowest BCUT2D eigenvalue weighted by Crippen LogP contribution is -2.18. The van der Waals surface area contributed by atoms with E-state index in [4.69, 9.17) is 14.6 Å². The van der Waals surface area contributed by atoms with E-state index in [0.717, 1.165) is 42.7 Å². The van der Waals surface area contributed by atoms with Crippen molar-refractivity contribution in [3.8, 4) is 11.5 Å². The third kappa shape index (κ3) is 7.04. The Morgan fingerprint density at radius 3 is 2.12 bits per heavy atom. The summed E-state index contributed by atoms with van der Waals surface area (Å²) in [4.78, 5) is 24.3. The summed E-state index contributed by atoms with van der Waals surface area (Å²) < 4.78 is 10.9. The molecule has 0 spiro atoms. The highest BCUT2D eigenvalue weighted by molar-refractivity contribution is 5.91. The molecule has 1 fully saturated rings. The highest BCUT2D eigenvalue weighted by Crippen LogP contribution is 2.42. The Morgan fingerprint density at radius 2 is 1.56 bits per heavy atom. The Kier molecular flexibility index (Phi) is 10.1. The van der Waals surface area contributed by atoms with Crippen LogP contribution in [-0.4, -0.2) is 35.4 Å². The third-order valence-corrected chi connectivity index (χ3v) is 6.25. The fourth-order valence-corrected chi connectivity index (χ4v) is 4.20. The van der Waals surface area contributed by atoms with E-state index < -0.39 is 25.2 Å². The summed E-state index contributed by atoms with van der Waals surface area (Å²) >= 11 is 0. The zero-order valence-electron chi connectivity index (χ0n) is 19.3. The minimum absolute atomic E-state index is 0.0606. The number of ether oxygens (including phenoxy) is 2. The molecule has 32 heavy (non-hydrogen) atoms. The number of rotatable bonds is 11. The summed E-state index contributed by atoms with van der Waals surface area (Å²) in [5, 5.41) is 18.3. The number of aliphatic hydroxyl groups excluding tert-OH is 2. The zero-order valence-corrected chi connectivity index (χ0v) is 19.3.